The zero-order chi connectivity index (χ0) is 31.3. The lowest BCUT2D eigenvalue weighted by atomic mass is 9.88. The number of fused-ring (bicyclic) bond motifs is 1. The molecule has 0 bridgehead atoms. The molecule has 0 radical (unpaired) electrons. The standard InChI is InChI=1S/C47H34/c1-31-7-3-2-4-8-42-30-41(25-26-43(31)42)34-15-13-32(14-16-34)39-11-6-12-40(29-39)33-17-19-35(20-18-33)44-27-23-38-22-21-36-9-5-10-37-24-28-45(44)47(38)46(36)37/h2-6,8-31H,7H2,1H3/b3-2+,8-4-. The van der Waals surface area contributed by atoms with Gasteiger partial charge in [0.05, 0.1) is 0 Å². The van der Waals surface area contributed by atoms with E-state index in [4.69, 9.17) is 0 Å². The molecule has 0 heterocycles. The minimum Gasteiger partial charge on any atom is -0.0839 e. The lowest BCUT2D eigenvalue weighted by Gasteiger charge is -2.16. The predicted molar refractivity (Wildman–Crippen MR) is 203 cm³/mol. The summed E-state index contributed by atoms with van der Waals surface area (Å²) >= 11 is 0. The summed E-state index contributed by atoms with van der Waals surface area (Å²) in [6.45, 7) is 2.31. The van der Waals surface area contributed by atoms with E-state index in [2.05, 4.69) is 177 Å². The fourth-order valence-corrected chi connectivity index (χ4v) is 7.56. The van der Waals surface area contributed by atoms with E-state index in [0.717, 1.165) is 6.42 Å². The third-order valence-corrected chi connectivity index (χ3v) is 10.1. The van der Waals surface area contributed by atoms with Gasteiger partial charge < -0.3 is 0 Å². The van der Waals surface area contributed by atoms with Crippen molar-refractivity contribution in [1.29, 1.82) is 0 Å². The third kappa shape index (κ3) is 4.85. The molecule has 9 rings (SSSR count). The van der Waals surface area contributed by atoms with Gasteiger partial charge in [-0.25, -0.2) is 0 Å². The van der Waals surface area contributed by atoms with Crippen LogP contribution in [0.25, 0.3) is 82.9 Å². The second-order valence-electron chi connectivity index (χ2n) is 13.0. The molecule has 8 aromatic carbocycles. The minimum atomic E-state index is 0.527. The van der Waals surface area contributed by atoms with Crippen LogP contribution >= 0.6 is 0 Å². The van der Waals surface area contributed by atoms with Crippen LogP contribution in [-0.2, 0) is 0 Å². The average molecular weight is 599 g/mol. The zero-order valence-corrected chi connectivity index (χ0v) is 26.5. The highest BCUT2D eigenvalue weighted by atomic mass is 14.2. The van der Waals surface area contributed by atoms with Crippen LogP contribution in [-0.4, -0.2) is 0 Å². The Bertz CT molecular complexity index is 2460. The Labute approximate surface area is 276 Å². The van der Waals surface area contributed by atoms with Crippen LogP contribution in [0.3, 0.4) is 0 Å². The second-order valence-corrected chi connectivity index (χ2v) is 13.0. The number of benzene rings is 8. The quantitative estimate of drug-likeness (QED) is 0.177. The Morgan fingerprint density at radius 2 is 1.00 bits per heavy atom. The van der Waals surface area contributed by atoms with Gasteiger partial charge in [0.25, 0.3) is 0 Å². The Hall–Kier alpha value is -5.72. The maximum absolute atomic E-state index is 2.34. The van der Waals surface area contributed by atoms with Crippen molar-refractivity contribution in [3.63, 3.8) is 0 Å². The summed E-state index contributed by atoms with van der Waals surface area (Å²) in [7, 11) is 0. The Morgan fingerprint density at radius 3 is 1.70 bits per heavy atom. The first-order valence-electron chi connectivity index (χ1n) is 16.6. The highest BCUT2D eigenvalue weighted by Crippen LogP contribution is 2.40. The summed E-state index contributed by atoms with van der Waals surface area (Å²) in [4.78, 5) is 0. The summed E-state index contributed by atoms with van der Waals surface area (Å²) in [6, 6.07) is 54.1. The molecule has 0 aliphatic heterocycles. The molecule has 0 fully saturated rings. The van der Waals surface area contributed by atoms with Gasteiger partial charge in [-0.05, 0) is 112 Å². The van der Waals surface area contributed by atoms with E-state index in [1.165, 1.54) is 88.0 Å². The molecule has 222 valence electrons. The molecule has 1 atom stereocenters. The summed E-state index contributed by atoms with van der Waals surface area (Å²) in [5.74, 6) is 0.527. The zero-order valence-electron chi connectivity index (χ0n) is 26.5. The Kier molecular flexibility index (Phi) is 6.61. The van der Waals surface area contributed by atoms with Crippen LogP contribution in [0.2, 0.25) is 0 Å². The van der Waals surface area contributed by atoms with Crippen molar-refractivity contribution in [2.75, 3.05) is 0 Å². The molecule has 0 saturated carbocycles. The van der Waals surface area contributed by atoms with Gasteiger partial charge in [0.1, 0.15) is 0 Å². The topological polar surface area (TPSA) is 0 Å². The van der Waals surface area contributed by atoms with E-state index in [-0.39, 0.29) is 0 Å². The normalized spacial score (nSPS) is 15.8. The largest absolute Gasteiger partial charge is 0.0839 e. The monoisotopic (exact) mass is 598 g/mol. The molecule has 0 amide bonds. The average Bonchev–Trinajstić information content (AvgIpc) is 3.13. The van der Waals surface area contributed by atoms with Gasteiger partial charge in [0.2, 0.25) is 0 Å². The number of hydrogen-bond acceptors (Lipinski definition) is 0. The van der Waals surface area contributed by atoms with Gasteiger partial charge in [0, 0.05) is 0 Å². The first-order valence-corrected chi connectivity index (χ1v) is 16.6. The predicted octanol–water partition coefficient (Wildman–Crippen LogP) is 13.3. The second kappa shape index (κ2) is 11.3. The lowest BCUT2D eigenvalue weighted by molar-refractivity contribution is 0.778. The van der Waals surface area contributed by atoms with E-state index < -0.39 is 0 Å². The molecule has 0 nitrogen and oxygen atoms in total. The fourth-order valence-electron chi connectivity index (χ4n) is 7.56. The van der Waals surface area contributed by atoms with Crippen LogP contribution in [0, 0.1) is 0 Å². The van der Waals surface area contributed by atoms with Crippen LogP contribution in [0.5, 0.6) is 0 Å². The Balaban J connectivity index is 1.01. The molecule has 0 spiro atoms. The van der Waals surface area contributed by atoms with Crippen LogP contribution in [0.15, 0.2) is 164 Å². The highest BCUT2D eigenvalue weighted by molar-refractivity contribution is 6.25. The first kappa shape index (κ1) is 27.6. The molecular formula is C47H34. The molecule has 0 N–H and O–H groups in total. The Morgan fingerprint density at radius 1 is 0.447 bits per heavy atom. The van der Waals surface area contributed by atoms with Gasteiger partial charge in [-0.1, -0.05) is 165 Å². The van der Waals surface area contributed by atoms with Crippen LogP contribution < -0.4 is 0 Å². The molecular weight excluding hydrogens is 565 g/mol. The third-order valence-electron chi connectivity index (χ3n) is 10.1. The van der Waals surface area contributed by atoms with Crippen molar-refractivity contribution in [3.8, 4) is 44.5 Å². The number of allylic oxidation sites excluding steroid dienone is 3. The van der Waals surface area contributed by atoms with Gasteiger partial charge in [-0.3, -0.25) is 0 Å². The van der Waals surface area contributed by atoms with Gasteiger partial charge in [0.15, 0.2) is 0 Å². The van der Waals surface area contributed by atoms with Gasteiger partial charge >= 0.3 is 0 Å². The summed E-state index contributed by atoms with van der Waals surface area (Å²) in [5, 5.41) is 7.95. The van der Waals surface area contributed by atoms with E-state index in [0.29, 0.717) is 5.92 Å². The fraction of sp³-hybridized carbons (Fsp3) is 0.0638. The van der Waals surface area contributed by atoms with Crippen molar-refractivity contribution < 1.29 is 0 Å². The maximum Gasteiger partial charge on any atom is -0.00206 e. The van der Waals surface area contributed by atoms with Crippen molar-refractivity contribution in [2.24, 2.45) is 0 Å². The molecule has 0 heteroatoms. The van der Waals surface area contributed by atoms with E-state index >= 15 is 0 Å². The summed E-state index contributed by atoms with van der Waals surface area (Å²) in [6.07, 6.45) is 9.90. The smallest absolute Gasteiger partial charge is 0.00206 e. The van der Waals surface area contributed by atoms with Crippen LogP contribution in [0.4, 0.5) is 0 Å². The van der Waals surface area contributed by atoms with Gasteiger partial charge in [-0.15, -0.1) is 0 Å². The number of hydrogen-bond donors (Lipinski definition) is 0. The van der Waals surface area contributed by atoms with Crippen molar-refractivity contribution >= 4 is 38.4 Å². The molecule has 1 aliphatic carbocycles. The lowest BCUT2D eigenvalue weighted by Crippen LogP contribution is -1.97. The summed E-state index contributed by atoms with van der Waals surface area (Å²) in [5.41, 5.74) is 12.7. The molecule has 0 saturated heterocycles. The van der Waals surface area contributed by atoms with Crippen molar-refractivity contribution in [1.82, 2.24) is 0 Å². The summed E-state index contributed by atoms with van der Waals surface area (Å²) < 4.78 is 0. The van der Waals surface area contributed by atoms with E-state index in [1.54, 1.807) is 0 Å². The minimum absolute atomic E-state index is 0.527. The maximum atomic E-state index is 2.34. The van der Waals surface area contributed by atoms with E-state index in [9.17, 15) is 0 Å². The highest BCUT2D eigenvalue weighted by Gasteiger charge is 2.13. The first-order chi connectivity index (χ1) is 23.2. The van der Waals surface area contributed by atoms with Gasteiger partial charge in [-0.2, -0.15) is 0 Å². The van der Waals surface area contributed by atoms with E-state index in [1.807, 2.05) is 0 Å². The number of rotatable bonds is 4. The SMILES string of the molecule is CC1C/C=C/C=C\c2cc(-c3ccc(-c4cccc(-c5ccc(-c6ccc7ccc8cccc9ccc6c7c89)cc5)c4)cc3)ccc21. The molecule has 1 unspecified atom stereocenters. The molecule has 1 aliphatic rings. The van der Waals surface area contributed by atoms with Crippen molar-refractivity contribution in [3.05, 3.63) is 175 Å². The molecule has 0 aromatic heterocycles. The van der Waals surface area contributed by atoms with Crippen LogP contribution in [0.1, 0.15) is 30.4 Å². The van der Waals surface area contributed by atoms with Crippen molar-refractivity contribution in [2.45, 2.75) is 19.3 Å². The molecule has 47 heavy (non-hydrogen) atoms. The molecule has 8 aromatic rings.